The van der Waals surface area contributed by atoms with Gasteiger partial charge in [-0.15, -0.1) is 0 Å². The fraction of sp³-hybridized carbons (Fsp3) is 0.533. The molecule has 0 radical (unpaired) electrons. The molecule has 1 aliphatic rings. The summed E-state index contributed by atoms with van der Waals surface area (Å²) in [6, 6.07) is 4.99. The Morgan fingerprint density at radius 1 is 1.29 bits per heavy atom. The molecule has 1 N–H and O–H groups in total. The SMILES string of the molecule is COCCS(=O)(=O)N1CCC(C(=O)Nc2c(Cl)cccc2Cl)CC1. The Kier molecular flexibility index (Phi) is 6.88. The zero-order chi connectivity index (χ0) is 17.7. The molecule has 0 unspecified atom stereocenters. The van der Waals surface area contributed by atoms with E-state index in [0.717, 1.165) is 0 Å². The van der Waals surface area contributed by atoms with Gasteiger partial charge in [-0.2, -0.15) is 0 Å². The van der Waals surface area contributed by atoms with Crippen LogP contribution in [0.15, 0.2) is 18.2 Å². The smallest absolute Gasteiger partial charge is 0.227 e. The van der Waals surface area contributed by atoms with Gasteiger partial charge in [-0.1, -0.05) is 29.3 Å². The number of carbonyl (C=O) groups is 1. The standard InChI is InChI=1S/C15H20Cl2N2O4S/c1-23-9-10-24(21,22)19-7-5-11(6-8-19)15(20)18-14-12(16)3-2-4-13(14)17/h2-4,11H,5-10H2,1H3,(H,18,20). The Bertz CT molecular complexity index is 668. The van der Waals surface area contributed by atoms with Crippen LogP contribution in [0.5, 0.6) is 0 Å². The highest BCUT2D eigenvalue weighted by molar-refractivity contribution is 7.89. The number of para-hydroxylation sites is 1. The summed E-state index contributed by atoms with van der Waals surface area (Å²) in [7, 11) is -1.87. The van der Waals surface area contributed by atoms with E-state index in [4.69, 9.17) is 27.9 Å². The number of anilines is 1. The Hall–Kier alpha value is -0.860. The zero-order valence-electron chi connectivity index (χ0n) is 13.3. The van der Waals surface area contributed by atoms with Crippen molar-refractivity contribution < 1.29 is 17.9 Å². The van der Waals surface area contributed by atoms with Crippen molar-refractivity contribution in [3.05, 3.63) is 28.2 Å². The van der Waals surface area contributed by atoms with Crippen molar-refractivity contribution in [1.82, 2.24) is 4.31 Å². The number of hydrogen-bond acceptors (Lipinski definition) is 4. The average Bonchev–Trinajstić information content (AvgIpc) is 2.56. The van der Waals surface area contributed by atoms with Crippen LogP contribution in [0.4, 0.5) is 5.69 Å². The Labute approximate surface area is 152 Å². The molecule has 0 spiro atoms. The highest BCUT2D eigenvalue weighted by atomic mass is 35.5. The lowest BCUT2D eigenvalue weighted by Gasteiger charge is -2.30. The summed E-state index contributed by atoms with van der Waals surface area (Å²) in [4.78, 5) is 12.4. The first-order valence-electron chi connectivity index (χ1n) is 7.57. The summed E-state index contributed by atoms with van der Waals surface area (Å²) >= 11 is 12.1. The Morgan fingerprint density at radius 3 is 2.42 bits per heavy atom. The summed E-state index contributed by atoms with van der Waals surface area (Å²) in [5, 5.41) is 3.49. The van der Waals surface area contributed by atoms with E-state index in [1.807, 2.05) is 0 Å². The van der Waals surface area contributed by atoms with Gasteiger partial charge in [0.2, 0.25) is 15.9 Å². The van der Waals surface area contributed by atoms with Crippen LogP contribution < -0.4 is 5.32 Å². The van der Waals surface area contributed by atoms with Crippen LogP contribution in [0.2, 0.25) is 10.0 Å². The number of nitrogens with one attached hydrogen (secondary N) is 1. The van der Waals surface area contributed by atoms with Crippen molar-refractivity contribution in [1.29, 1.82) is 0 Å². The van der Waals surface area contributed by atoms with Crippen molar-refractivity contribution >= 4 is 44.8 Å². The molecule has 0 aliphatic carbocycles. The number of rotatable bonds is 6. The number of amides is 1. The molecule has 1 aliphatic heterocycles. The largest absolute Gasteiger partial charge is 0.384 e. The minimum absolute atomic E-state index is 0.0460. The van der Waals surface area contributed by atoms with E-state index < -0.39 is 10.0 Å². The summed E-state index contributed by atoms with van der Waals surface area (Å²) in [5.41, 5.74) is 0.390. The van der Waals surface area contributed by atoms with Gasteiger partial charge in [0.15, 0.2) is 0 Å². The predicted molar refractivity (Wildman–Crippen MR) is 95.1 cm³/mol. The molecular weight excluding hydrogens is 375 g/mol. The molecule has 1 fully saturated rings. The Morgan fingerprint density at radius 2 is 1.88 bits per heavy atom. The van der Waals surface area contributed by atoms with Gasteiger partial charge in [0, 0.05) is 26.1 Å². The third kappa shape index (κ3) is 4.83. The second-order valence-electron chi connectivity index (χ2n) is 5.57. The number of sulfonamides is 1. The quantitative estimate of drug-likeness (QED) is 0.804. The van der Waals surface area contributed by atoms with Crippen LogP contribution in [-0.4, -0.2) is 51.2 Å². The maximum atomic E-state index is 12.4. The lowest BCUT2D eigenvalue weighted by atomic mass is 9.97. The third-order valence-corrected chi connectivity index (χ3v) is 6.44. The average molecular weight is 395 g/mol. The first kappa shape index (κ1) is 19.5. The maximum Gasteiger partial charge on any atom is 0.227 e. The normalized spacial score (nSPS) is 17.0. The number of methoxy groups -OCH3 is 1. The van der Waals surface area contributed by atoms with Gasteiger partial charge in [-0.3, -0.25) is 4.79 Å². The number of piperidine rings is 1. The highest BCUT2D eigenvalue weighted by Gasteiger charge is 2.31. The van der Waals surface area contributed by atoms with Crippen molar-refractivity contribution in [3.63, 3.8) is 0 Å². The van der Waals surface area contributed by atoms with E-state index >= 15 is 0 Å². The summed E-state index contributed by atoms with van der Waals surface area (Å²) < 4.78 is 30.5. The number of ether oxygens (including phenoxy) is 1. The van der Waals surface area contributed by atoms with Crippen LogP contribution in [0.1, 0.15) is 12.8 Å². The first-order chi connectivity index (χ1) is 11.3. The maximum absolute atomic E-state index is 12.4. The van der Waals surface area contributed by atoms with Gasteiger partial charge in [-0.05, 0) is 25.0 Å². The number of benzene rings is 1. The van der Waals surface area contributed by atoms with Crippen LogP contribution in [-0.2, 0) is 19.6 Å². The summed E-state index contributed by atoms with van der Waals surface area (Å²) in [5.74, 6) is -0.513. The fourth-order valence-electron chi connectivity index (χ4n) is 2.56. The number of halogens is 2. The van der Waals surface area contributed by atoms with Crippen molar-refractivity contribution in [2.45, 2.75) is 12.8 Å². The molecule has 0 atom stereocenters. The van der Waals surface area contributed by atoms with Gasteiger partial charge >= 0.3 is 0 Å². The molecule has 0 aromatic heterocycles. The zero-order valence-corrected chi connectivity index (χ0v) is 15.6. The van der Waals surface area contributed by atoms with E-state index in [1.165, 1.54) is 11.4 Å². The van der Waals surface area contributed by atoms with Gasteiger partial charge < -0.3 is 10.1 Å². The molecule has 24 heavy (non-hydrogen) atoms. The molecule has 1 amide bonds. The van der Waals surface area contributed by atoms with Crippen molar-refractivity contribution in [3.8, 4) is 0 Å². The molecule has 1 aromatic rings. The van der Waals surface area contributed by atoms with Crippen LogP contribution in [0.3, 0.4) is 0 Å². The van der Waals surface area contributed by atoms with Crippen molar-refractivity contribution in [2.75, 3.05) is 37.9 Å². The Balaban J connectivity index is 1.93. The van der Waals surface area contributed by atoms with E-state index in [0.29, 0.717) is 41.7 Å². The molecule has 1 heterocycles. The topological polar surface area (TPSA) is 75.7 Å². The lowest BCUT2D eigenvalue weighted by molar-refractivity contribution is -0.120. The first-order valence-corrected chi connectivity index (χ1v) is 9.93. The molecule has 134 valence electrons. The molecule has 9 heteroatoms. The van der Waals surface area contributed by atoms with Gasteiger partial charge in [0.25, 0.3) is 0 Å². The summed E-state index contributed by atoms with van der Waals surface area (Å²) in [6.07, 6.45) is 0.917. The predicted octanol–water partition coefficient (Wildman–Crippen LogP) is 2.62. The molecule has 1 aromatic carbocycles. The minimum Gasteiger partial charge on any atom is -0.384 e. The van der Waals surface area contributed by atoms with Crippen LogP contribution in [0.25, 0.3) is 0 Å². The number of hydrogen-bond donors (Lipinski definition) is 1. The van der Waals surface area contributed by atoms with Crippen LogP contribution >= 0.6 is 23.2 Å². The summed E-state index contributed by atoms with van der Waals surface area (Å²) in [6.45, 7) is 0.800. The number of nitrogens with zero attached hydrogens (tertiary/aromatic N) is 1. The molecular formula is C15H20Cl2N2O4S. The monoisotopic (exact) mass is 394 g/mol. The van der Waals surface area contributed by atoms with E-state index in [-0.39, 0.29) is 24.2 Å². The minimum atomic E-state index is -3.33. The second kappa shape index (κ2) is 8.49. The fourth-order valence-corrected chi connectivity index (χ4v) is 4.45. The van der Waals surface area contributed by atoms with Gasteiger partial charge in [0.05, 0.1) is 28.1 Å². The van der Waals surface area contributed by atoms with E-state index in [2.05, 4.69) is 5.32 Å². The molecule has 0 bridgehead atoms. The lowest BCUT2D eigenvalue weighted by Crippen LogP contribution is -2.42. The molecule has 0 saturated carbocycles. The second-order valence-corrected chi connectivity index (χ2v) is 8.47. The van der Waals surface area contributed by atoms with Gasteiger partial charge in [0.1, 0.15) is 0 Å². The van der Waals surface area contributed by atoms with E-state index in [9.17, 15) is 13.2 Å². The molecule has 1 saturated heterocycles. The third-order valence-electron chi connectivity index (χ3n) is 3.97. The van der Waals surface area contributed by atoms with Gasteiger partial charge in [-0.25, -0.2) is 12.7 Å². The number of carbonyl (C=O) groups excluding carboxylic acids is 1. The van der Waals surface area contributed by atoms with E-state index in [1.54, 1.807) is 18.2 Å². The molecule has 2 rings (SSSR count). The van der Waals surface area contributed by atoms with Crippen molar-refractivity contribution in [2.24, 2.45) is 5.92 Å². The molecule has 6 nitrogen and oxygen atoms in total. The van der Waals surface area contributed by atoms with Crippen LogP contribution in [0, 0.1) is 5.92 Å². The highest BCUT2D eigenvalue weighted by Crippen LogP contribution is 2.31.